The van der Waals surface area contributed by atoms with Crippen molar-refractivity contribution in [2.75, 3.05) is 27.8 Å². The van der Waals surface area contributed by atoms with E-state index in [1.165, 1.54) is 31.2 Å². The van der Waals surface area contributed by atoms with Crippen molar-refractivity contribution in [3.63, 3.8) is 0 Å². The Bertz CT molecular complexity index is 399. The number of methoxy groups -OCH3 is 2. The smallest absolute Gasteiger partial charge is 0.161 e. The van der Waals surface area contributed by atoms with Crippen LogP contribution < -0.4 is 14.8 Å². The zero-order valence-electron chi connectivity index (χ0n) is 11.6. The molecule has 1 aliphatic rings. The Morgan fingerprint density at radius 1 is 1.17 bits per heavy atom. The first kappa shape index (κ1) is 13.2. The molecule has 0 unspecified atom stereocenters. The molecule has 0 atom stereocenters. The van der Waals surface area contributed by atoms with E-state index in [9.17, 15) is 0 Å². The molecule has 0 spiro atoms. The van der Waals surface area contributed by atoms with Gasteiger partial charge in [-0.05, 0) is 56.0 Å². The summed E-state index contributed by atoms with van der Waals surface area (Å²) in [6.07, 6.45) is 5.09. The summed E-state index contributed by atoms with van der Waals surface area (Å²) in [6.45, 7) is 1.06. The molecule has 3 heteroatoms. The second-order valence-corrected chi connectivity index (χ2v) is 5.06. The van der Waals surface area contributed by atoms with E-state index in [1.54, 1.807) is 14.2 Å². The fraction of sp³-hybridized carbons (Fsp3) is 0.600. The molecule has 2 rings (SSSR count). The maximum Gasteiger partial charge on any atom is 0.161 e. The van der Waals surface area contributed by atoms with Crippen molar-refractivity contribution in [1.29, 1.82) is 0 Å². The predicted molar refractivity (Wildman–Crippen MR) is 73.6 cm³/mol. The van der Waals surface area contributed by atoms with E-state index in [0.717, 1.165) is 18.0 Å². The summed E-state index contributed by atoms with van der Waals surface area (Å²) < 4.78 is 10.7. The summed E-state index contributed by atoms with van der Waals surface area (Å²) in [5.74, 6) is 1.65. The summed E-state index contributed by atoms with van der Waals surface area (Å²) in [4.78, 5) is 0. The van der Waals surface area contributed by atoms with E-state index in [-0.39, 0.29) is 0 Å². The lowest BCUT2D eigenvalue weighted by Crippen LogP contribution is -2.36. The van der Waals surface area contributed by atoms with E-state index in [1.807, 2.05) is 13.1 Å². The first-order valence-electron chi connectivity index (χ1n) is 6.63. The molecule has 0 aromatic heterocycles. The molecule has 0 saturated heterocycles. The minimum Gasteiger partial charge on any atom is -0.493 e. The molecule has 0 amide bonds. The Balaban J connectivity index is 2.25. The molecular formula is C15H23NO2. The van der Waals surface area contributed by atoms with Crippen LogP contribution in [-0.2, 0) is 5.41 Å². The molecule has 1 fully saturated rings. The molecule has 100 valence electrons. The third kappa shape index (κ3) is 2.32. The topological polar surface area (TPSA) is 30.5 Å². The number of ether oxygens (including phenoxy) is 2. The quantitative estimate of drug-likeness (QED) is 0.841. The van der Waals surface area contributed by atoms with Gasteiger partial charge in [0.2, 0.25) is 0 Å². The van der Waals surface area contributed by atoms with Crippen LogP contribution in [0.25, 0.3) is 0 Å². The Kier molecular flexibility index (Phi) is 4.12. The lowest BCUT2D eigenvalue weighted by molar-refractivity contribution is 0.224. The second kappa shape index (κ2) is 5.61. The van der Waals surface area contributed by atoms with Gasteiger partial charge in [0.05, 0.1) is 14.2 Å². The molecule has 18 heavy (non-hydrogen) atoms. The summed E-state index contributed by atoms with van der Waals surface area (Å²) >= 11 is 0. The van der Waals surface area contributed by atoms with Crippen molar-refractivity contribution < 1.29 is 9.47 Å². The van der Waals surface area contributed by atoms with Gasteiger partial charge in [-0.2, -0.15) is 0 Å². The molecular weight excluding hydrogens is 226 g/mol. The number of rotatable bonds is 6. The third-order valence-electron chi connectivity index (χ3n) is 4.16. The van der Waals surface area contributed by atoms with Crippen LogP contribution >= 0.6 is 0 Å². The van der Waals surface area contributed by atoms with Crippen molar-refractivity contribution >= 4 is 0 Å². The summed E-state index contributed by atoms with van der Waals surface area (Å²) in [7, 11) is 5.39. The zero-order valence-corrected chi connectivity index (χ0v) is 11.6. The van der Waals surface area contributed by atoms with Gasteiger partial charge in [0.1, 0.15) is 0 Å². The van der Waals surface area contributed by atoms with Gasteiger partial charge in [-0.1, -0.05) is 12.5 Å². The molecule has 0 radical (unpaired) electrons. The van der Waals surface area contributed by atoms with Crippen LogP contribution in [0, 0.1) is 0 Å². The van der Waals surface area contributed by atoms with Crippen LogP contribution in [0.5, 0.6) is 11.5 Å². The molecule has 0 bridgehead atoms. The van der Waals surface area contributed by atoms with Crippen molar-refractivity contribution in [3.05, 3.63) is 23.8 Å². The van der Waals surface area contributed by atoms with Gasteiger partial charge in [-0.3, -0.25) is 0 Å². The van der Waals surface area contributed by atoms with Gasteiger partial charge in [0.25, 0.3) is 0 Å². The Labute approximate surface area is 109 Å². The maximum absolute atomic E-state index is 5.40. The van der Waals surface area contributed by atoms with Gasteiger partial charge < -0.3 is 14.8 Å². The standard InChI is InChI=1S/C15H23NO2/c1-16-10-9-15(7-4-8-15)12-5-6-13(17-2)14(11-12)18-3/h5-6,11,16H,4,7-10H2,1-3H3. The van der Waals surface area contributed by atoms with E-state index in [4.69, 9.17) is 9.47 Å². The van der Waals surface area contributed by atoms with Crippen LogP contribution in [0.15, 0.2) is 18.2 Å². The molecule has 1 aliphatic carbocycles. The molecule has 1 aromatic carbocycles. The van der Waals surface area contributed by atoms with Crippen molar-refractivity contribution in [1.82, 2.24) is 5.32 Å². The first-order valence-corrected chi connectivity index (χ1v) is 6.63. The van der Waals surface area contributed by atoms with Crippen LogP contribution in [0.2, 0.25) is 0 Å². The number of hydrogen-bond acceptors (Lipinski definition) is 3. The van der Waals surface area contributed by atoms with Crippen LogP contribution in [-0.4, -0.2) is 27.8 Å². The van der Waals surface area contributed by atoms with Crippen molar-refractivity contribution in [2.45, 2.75) is 31.1 Å². The normalized spacial score (nSPS) is 17.1. The van der Waals surface area contributed by atoms with Crippen LogP contribution in [0.4, 0.5) is 0 Å². The van der Waals surface area contributed by atoms with Crippen molar-refractivity contribution in [2.24, 2.45) is 0 Å². The fourth-order valence-electron chi connectivity index (χ4n) is 2.82. The Morgan fingerprint density at radius 2 is 1.89 bits per heavy atom. The van der Waals surface area contributed by atoms with Gasteiger partial charge in [0.15, 0.2) is 11.5 Å². The predicted octanol–water partition coefficient (Wildman–Crippen LogP) is 2.74. The molecule has 0 heterocycles. The van der Waals surface area contributed by atoms with Crippen LogP contribution in [0.1, 0.15) is 31.2 Å². The maximum atomic E-state index is 5.40. The van der Waals surface area contributed by atoms with Gasteiger partial charge in [0, 0.05) is 0 Å². The highest BCUT2D eigenvalue weighted by molar-refractivity contribution is 5.45. The summed E-state index contributed by atoms with van der Waals surface area (Å²) in [6, 6.07) is 6.36. The lowest BCUT2D eigenvalue weighted by Gasteiger charge is -2.43. The highest BCUT2D eigenvalue weighted by atomic mass is 16.5. The number of hydrogen-bond donors (Lipinski definition) is 1. The van der Waals surface area contributed by atoms with E-state index >= 15 is 0 Å². The van der Waals surface area contributed by atoms with Gasteiger partial charge in [-0.15, -0.1) is 0 Å². The van der Waals surface area contributed by atoms with Gasteiger partial charge in [-0.25, -0.2) is 0 Å². The third-order valence-corrected chi connectivity index (χ3v) is 4.16. The minimum atomic E-state index is 0.350. The molecule has 1 aromatic rings. The highest BCUT2D eigenvalue weighted by Crippen LogP contribution is 2.47. The number of benzene rings is 1. The van der Waals surface area contributed by atoms with Crippen molar-refractivity contribution in [3.8, 4) is 11.5 Å². The lowest BCUT2D eigenvalue weighted by atomic mass is 9.62. The summed E-state index contributed by atoms with van der Waals surface area (Å²) in [5, 5.41) is 3.26. The first-order chi connectivity index (χ1) is 8.75. The second-order valence-electron chi connectivity index (χ2n) is 5.06. The minimum absolute atomic E-state index is 0.350. The highest BCUT2D eigenvalue weighted by Gasteiger charge is 2.38. The molecule has 0 aliphatic heterocycles. The fourth-order valence-corrected chi connectivity index (χ4v) is 2.82. The van der Waals surface area contributed by atoms with E-state index in [2.05, 4.69) is 17.4 Å². The monoisotopic (exact) mass is 249 g/mol. The average Bonchev–Trinajstić information content (AvgIpc) is 2.37. The average molecular weight is 249 g/mol. The Morgan fingerprint density at radius 3 is 2.39 bits per heavy atom. The van der Waals surface area contributed by atoms with E-state index < -0.39 is 0 Å². The van der Waals surface area contributed by atoms with Crippen LogP contribution in [0.3, 0.4) is 0 Å². The zero-order chi connectivity index (χ0) is 13.0. The van der Waals surface area contributed by atoms with Gasteiger partial charge >= 0.3 is 0 Å². The SMILES string of the molecule is CNCCC1(c2ccc(OC)c(OC)c2)CCC1. The van der Waals surface area contributed by atoms with E-state index in [0.29, 0.717) is 5.41 Å². The Hall–Kier alpha value is -1.22. The molecule has 1 N–H and O–H groups in total. The molecule has 1 saturated carbocycles. The largest absolute Gasteiger partial charge is 0.493 e. The summed E-state index contributed by atoms with van der Waals surface area (Å²) in [5.41, 5.74) is 1.74. The molecule has 3 nitrogen and oxygen atoms in total. The number of nitrogens with one attached hydrogen (secondary N) is 1.